The van der Waals surface area contributed by atoms with E-state index >= 15 is 0 Å². The molecule has 0 radical (unpaired) electrons. The second kappa shape index (κ2) is 4.45. The lowest BCUT2D eigenvalue weighted by atomic mass is 9.81. The predicted molar refractivity (Wildman–Crippen MR) is 57.8 cm³/mol. The Balaban J connectivity index is 2.22. The first kappa shape index (κ1) is 10.2. The van der Waals surface area contributed by atoms with Crippen molar-refractivity contribution in [3.05, 3.63) is 35.9 Å². The van der Waals surface area contributed by atoms with Gasteiger partial charge in [-0.2, -0.15) is 0 Å². The smallest absolute Gasteiger partial charge is 0.308 e. The second-order valence-electron chi connectivity index (χ2n) is 3.95. The van der Waals surface area contributed by atoms with Crippen molar-refractivity contribution in [2.75, 3.05) is 13.1 Å². The van der Waals surface area contributed by atoms with Crippen LogP contribution in [-0.4, -0.2) is 24.2 Å². The van der Waals surface area contributed by atoms with Crippen molar-refractivity contribution >= 4 is 5.97 Å². The molecule has 1 fully saturated rings. The van der Waals surface area contributed by atoms with E-state index in [1.807, 2.05) is 30.3 Å². The number of hydrogen-bond donors (Lipinski definition) is 2. The lowest BCUT2D eigenvalue weighted by Crippen LogP contribution is -2.39. The summed E-state index contributed by atoms with van der Waals surface area (Å²) >= 11 is 0. The molecule has 0 aromatic heterocycles. The summed E-state index contributed by atoms with van der Waals surface area (Å²) in [6.07, 6.45) is 0.904. The van der Waals surface area contributed by atoms with E-state index in [0.29, 0.717) is 6.54 Å². The molecule has 0 amide bonds. The maximum absolute atomic E-state index is 11.1. The van der Waals surface area contributed by atoms with Gasteiger partial charge in [0.2, 0.25) is 0 Å². The minimum Gasteiger partial charge on any atom is -0.481 e. The minimum absolute atomic E-state index is 0.157. The molecule has 1 heterocycles. The number of hydrogen-bond acceptors (Lipinski definition) is 2. The van der Waals surface area contributed by atoms with Crippen LogP contribution in [0.2, 0.25) is 0 Å². The standard InChI is InChI=1S/C12H15NO2/c14-12(15)11-8-13-7-6-10(11)9-4-2-1-3-5-9/h1-5,10-11,13H,6-8H2,(H,14,15)/t10-,11+/m0/s1. The third-order valence-electron chi connectivity index (χ3n) is 3.03. The van der Waals surface area contributed by atoms with Gasteiger partial charge in [-0.1, -0.05) is 30.3 Å². The normalized spacial score (nSPS) is 26.1. The van der Waals surface area contributed by atoms with Gasteiger partial charge in [0.1, 0.15) is 0 Å². The molecule has 0 bridgehead atoms. The molecule has 0 aliphatic carbocycles. The molecular formula is C12H15NO2. The number of carbonyl (C=O) groups is 1. The molecule has 1 aromatic carbocycles. The fourth-order valence-electron chi connectivity index (χ4n) is 2.22. The van der Waals surface area contributed by atoms with Gasteiger partial charge >= 0.3 is 5.97 Å². The van der Waals surface area contributed by atoms with Crippen LogP contribution in [-0.2, 0) is 4.79 Å². The van der Waals surface area contributed by atoms with Crippen LogP contribution in [0.15, 0.2) is 30.3 Å². The fraction of sp³-hybridized carbons (Fsp3) is 0.417. The Kier molecular flexibility index (Phi) is 3.02. The Morgan fingerprint density at radius 1 is 1.33 bits per heavy atom. The fourth-order valence-corrected chi connectivity index (χ4v) is 2.22. The van der Waals surface area contributed by atoms with Crippen LogP contribution in [0.3, 0.4) is 0 Å². The summed E-state index contributed by atoms with van der Waals surface area (Å²) < 4.78 is 0. The van der Waals surface area contributed by atoms with Crippen molar-refractivity contribution in [3.63, 3.8) is 0 Å². The van der Waals surface area contributed by atoms with Crippen molar-refractivity contribution in [3.8, 4) is 0 Å². The van der Waals surface area contributed by atoms with Gasteiger partial charge in [0, 0.05) is 6.54 Å². The molecule has 15 heavy (non-hydrogen) atoms. The van der Waals surface area contributed by atoms with Gasteiger partial charge in [0.05, 0.1) is 5.92 Å². The van der Waals surface area contributed by atoms with Crippen molar-refractivity contribution < 1.29 is 9.90 Å². The Morgan fingerprint density at radius 2 is 2.07 bits per heavy atom. The first-order valence-electron chi connectivity index (χ1n) is 5.27. The third kappa shape index (κ3) is 2.18. The molecule has 2 N–H and O–H groups in total. The van der Waals surface area contributed by atoms with Crippen molar-refractivity contribution in [1.29, 1.82) is 0 Å². The van der Waals surface area contributed by atoms with E-state index in [2.05, 4.69) is 5.32 Å². The van der Waals surface area contributed by atoms with Crippen LogP contribution in [0.25, 0.3) is 0 Å². The van der Waals surface area contributed by atoms with Gasteiger partial charge in [-0.25, -0.2) is 0 Å². The number of piperidine rings is 1. The number of nitrogens with one attached hydrogen (secondary N) is 1. The molecule has 1 aliphatic heterocycles. The Bertz CT molecular complexity index is 337. The highest BCUT2D eigenvalue weighted by Gasteiger charge is 2.31. The van der Waals surface area contributed by atoms with Crippen molar-refractivity contribution in [1.82, 2.24) is 5.32 Å². The van der Waals surface area contributed by atoms with Crippen LogP contribution in [0.1, 0.15) is 17.9 Å². The molecule has 1 saturated heterocycles. The van der Waals surface area contributed by atoms with Gasteiger partial charge < -0.3 is 10.4 Å². The number of carboxylic acids is 1. The number of carboxylic acid groups (broad SMARTS) is 1. The summed E-state index contributed by atoms with van der Waals surface area (Å²) in [7, 11) is 0. The quantitative estimate of drug-likeness (QED) is 0.768. The monoisotopic (exact) mass is 205 g/mol. The molecule has 0 saturated carbocycles. The Hall–Kier alpha value is -1.35. The zero-order valence-corrected chi connectivity index (χ0v) is 8.52. The van der Waals surface area contributed by atoms with Crippen LogP contribution >= 0.6 is 0 Å². The van der Waals surface area contributed by atoms with E-state index in [-0.39, 0.29) is 11.8 Å². The first-order valence-corrected chi connectivity index (χ1v) is 5.27. The second-order valence-corrected chi connectivity index (χ2v) is 3.95. The molecule has 1 aliphatic rings. The zero-order valence-electron chi connectivity index (χ0n) is 8.52. The maximum atomic E-state index is 11.1. The molecule has 1 aromatic rings. The Morgan fingerprint density at radius 3 is 2.73 bits per heavy atom. The highest BCUT2D eigenvalue weighted by atomic mass is 16.4. The van der Waals surface area contributed by atoms with E-state index in [1.54, 1.807) is 0 Å². The highest BCUT2D eigenvalue weighted by molar-refractivity contribution is 5.72. The molecular weight excluding hydrogens is 190 g/mol. The molecule has 3 nitrogen and oxygen atoms in total. The van der Waals surface area contributed by atoms with Gasteiger partial charge in [0.15, 0.2) is 0 Å². The summed E-state index contributed by atoms with van der Waals surface area (Å²) in [5, 5.41) is 12.3. The molecule has 80 valence electrons. The van der Waals surface area contributed by atoms with E-state index in [9.17, 15) is 4.79 Å². The first-order chi connectivity index (χ1) is 7.29. The summed E-state index contributed by atoms with van der Waals surface area (Å²) in [5.41, 5.74) is 1.14. The predicted octanol–water partition coefficient (Wildman–Crippen LogP) is 1.46. The highest BCUT2D eigenvalue weighted by Crippen LogP contribution is 2.30. The number of rotatable bonds is 2. The Labute approximate surface area is 89.1 Å². The van der Waals surface area contributed by atoms with E-state index < -0.39 is 5.97 Å². The van der Waals surface area contributed by atoms with Crippen LogP contribution < -0.4 is 5.32 Å². The van der Waals surface area contributed by atoms with Gasteiger partial charge in [-0.05, 0) is 24.4 Å². The number of aliphatic carboxylic acids is 1. The molecule has 0 unspecified atom stereocenters. The number of benzene rings is 1. The van der Waals surface area contributed by atoms with Crippen LogP contribution in [0, 0.1) is 5.92 Å². The van der Waals surface area contributed by atoms with Gasteiger partial charge in [0.25, 0.3) is 0 Å². The van der Waals surface area contributed by atoms with Crippen LogP contribution in [0.5, 0.6) is 0 Å². The van der Waals surface area contributed by atoms with E-state index in [1.165, 1.54) is 0 Å². The van der Waals surface area contributed by atoms with Gasteiger partial charge in [-0.3, -0.25) is 4.79 Å². The topological polar surface area (TPSA) is 49.3 Å². The maximum Gasteiger partial charge on any atom is 0.308 e. The molecule has 2 atom stereocenters. The average Bonchev–Trinajstić information content (AvgIpc) is 2.30. The van der Waals surface area contributed by atoms with Crippen LogP contribution in [0.4, 0.5) is 0 Å². The van der Waals surface area contributed by atoms with E-state index in [4.69, 9.17) is 5.11 Å². The average molecular weight is 205 g/mol. The van der Waals surface area contributed by atoms with Crippen molar-refractivity contribution in [2.45, 2.75) is 12.3 Å². The summed E-state index contributed by atoms with van der Waals surface area (Å²) in [6, 6.07) is 9.94. The zero-order chi connectivity index (χ0) is 10.7. The SMILES string of the molecule is O=C(O)[C@@H]1CNCC[C@H]1c1ccccc1. The largest absolute Gasteiger partial charge is 0.481 e. The molecule has 0 spiro atoms. The third-order valence-corrected chi connectivity index (χ3v) is 3.03. The molecule has 3 heteroatoms. The van der Waals surface area contributed by atoms with Gasteiger partial charge in [-0.15, -0.1) is 0 Å². The summed E-state index contributed by atoms with van der Waals surface area (Å²) in [6.45, 7) is 1.48. The lowest BCUT2D eigenvalue weighted by molar-refractivity contribution is -0.142. The van der Waals surface area contributed by atoms with E-state index in [0.717, 1.165) is 18.5 Å². The molecule has 2 rings (SSSR count). The summed E-state index contributed by atoms with van der Waals surface area (Å²) in [5.74, 6) is -0.831. The van der Waals surface area contributed by atoms with Crippen molar-refractivity contribution in [2.24, 2.45) is 5.92 Å². The minimum atomic E-state index is -0.698. The lowest BCUT2D eigenvalue weighted by Gasteiger charge is -2.29. The summed E-state index contributed by atoms with van der Waals surface area (Å²) in [4.78, 5) is 11.1.